The Labute approximate surface area is 224 Å². The SMILES string of the molecule is FC(F)(F)c1ccc([C@@H](c2nnnn2CCc2ccccc2)N(Cc2ccccc2)Cc2cccnc2)cc1. The molecule has 2 aromatic heterocycles. The molecule has 0 aliphatic carbocycles. The molecule has 0 aliphatic heterocycles. The van der Waals surface area contributed by atoms with Gasteiger partial charge >= 0.3 is 6.18 Å². The third-order valence-corrected chi connectivity index (χ3v) is 6.52. The molecule has 0 saturated heterocycles. The fourth-order valence-electron chi connectivity index (χ4n) is 4.61. The van der Waals surface area contributed by atoms with Crippen molar-refractivity contribution in [2.75, 3.05) is 0 Å². The molecule has 0 amide bonds. The highest BCUT2D eigenvalue weighted by atomic mass is 19.4. The maximum Gasteiger partial charge on any atom is 0.416 e. The van der Waals surface area contributed by atoms with Crippen molar-refractivity contribution in [2.45, 2.75) is 38.3 Å². The van der Waals surface area contributed by atoms with E-state index in [0.717, 1.165) is 28.8 Å². The predicted octanol–water partition coefficient (Wildman–Crippen LogP) is 6.12. The zero-order chi connectivity index (χ0) is 27.1. The second-order valence-corrected chi connectivity index (χ2v) is 9.27. The monoisotopic (exact) mass is 528 g/mol. The third kappa shape index (κ3) is 6.74. The number of aromatic nitrogens is 5. The van der Waals surface area contributed by atoms with Crippen LogP contribution < -0.4 is 0 Å². The summed E-state index contributed by atoms with van der Waals surface area (Å²) in [6.07, 6.45) is -0.215. The number of rotatable bonds is 10. The molecule has 39 heavy (non-hydrogen) atoms. The van der Waals surface area contributed by atoms with E-state index in [1.54, 1.807) is 17.1 Å². The molecular formula is C30H27F3N6. The van der Waals surface area contributed by atoms with Crippen LogP contribution in [0.2, 0.25) is 0 Å². The van der Waals surface area contributed by atoms with Gasteiger partial charge < -0.3 is 0 Å². The van der Waals surface area contributed by atoms with Crippen LogP contribution in [-0.2, 0) is 32.2 Å². The number of hydrogen-bond acceptors (Lipinski definition) is 5. The molecule has 0 N–H and O–H groups in total. The summed E-state index contributed by atoms with van der Waals surface area (Å²) < 4.78 is 41.9. The Morgan fingerprint density at radius 1 is 0.744 bits per heavy atom. The minimum absolute atomic E-state index is 0.486. The van der Waals surface area contributed by atoms with Crippen LogP contribution in [0.3, 0.4) is 0 Å². The molecule has 9 heteroatoms. The van der Waals surface area contributed by atoms with E-state index < -0.39 is 17.8 Å². The van der Waals surface area contributed by atoms with Crippen LogP contribution in [0, 0.1) is 0 Å². The van der Waals surface area contributed by atoms with Crippen LogP contribution in [0.5, 0.6) is 0 Å². The molecule has 3 aromatic carbocycles. The van der Waals surface area contributed by atoms with Crippen LogP contribution in [0.4, 0.5) is 13.2 Å². The topological polar surface area (TPSA) is 59.7 Å². The molecule has 0 unspecified atom stereocenters. The van der Waals surface area contributed by atoms with Gasteiger partial charge in [-0.1, -0.05) is 78.9 Å². The van der Waals surface area contributed by atoms with Gasteiger partial charge in [0, 0.05) is 32.0 Å². The first-order chi connectivity index (χ1) is 19.0. The number of nitrogens with zero attached hydrogens (tertiary/aromatic N) is 6. The molecule has 0 aliphatic rings. The largest absolute Gasteiger partial charge is 0.416 e. The Hall–Kier alpha value is -4.37. The first kappa shape index (κ1) is 26.2. The van der Waals surface area contributed by atoms with E-state index in [1.807, 2.05) is 72.8 Å². The lowest BCUT2D eigenvalue weighted by molar-refractivity contribution is -0.137. The molecule has 0 fully saturated rings. The van der Waals surface area contributed by atoms with Crippen molar-refractivity contribution in [2.24, 2.45) is 0 Å². The smallest absolute Gasteiger partial charge is 0.281 e. The van der Waals surface area contributed by atoms with E-state index in [1.165, 1.54) is 12.1 Å². The summed E-state index contributed by atoms with van der Waals surface area (Å²) in [7, 11) is 0. The standard InChI is InChI=1S/C30H27F3N6/c31-30(32,33)27-15-13-26(14-16-27)28(29-35-36-37-39(29)19-17-23-8-3-1-4-9-23)38(21-24-10-5-2-6-11-24)22-25-12-7-18-34-20-25/h1-16,18,20,28H,17,19,21-22H2/t28-/m0/s1. The zero-order valence-corrected chi connectivity index (χ0v) is 21.1. The van der Waals surface area contributed by atoms with Crippen molar-refractivity contribution in [3.05, 3.63) is 143 Å². The van der Waals surface area contributed by atoms with Crippen LogP contribution in [0.1, 0.15) is 39.7 Å². The number of alkyl halides is 3. The van der Waals surface area contributed by atoms with E-state index in [9.17, 15) is 13.2 Å². The van der Waals surface area contributed by atoms with E-state index in [2.05, 4.69) is 25.4 Å². The summed E-state index contributed by atoms with van der Waals surface area (Å²) in [5.41, 5.74) is 3.13. The lowest BCUT2D eigenvalue weighted by Crippen LogP contribution is -2.31. The predicted molar refractivity (Wildman–Crippen MR) is 141 cm³/mol. The van der Waals surface area contributed by atoms with E-state index in [4.69, 9.17) is 0 Å². The molecule has 0 spiro atoms. The van der Waals surface area contributed by atoms with Gasteiger partial charge in [0.2, 0.25) is 0 Å². The average Bonchev–Trinajstić information content (AvgIpc) is 3.41. The van der Waals surface area contributed by atoms with Gasteiger partial charge in [0.25, 0.3) is 0 Å². The quantitative estimate of drug-likeness (QED) is 0.219. The van der Waals surface area contributed by atoms with Gasteiger partial charge in [-0.2, -0.15) is 13.2 Å². The zero-order valence-electron chi connectivity index (χ0n) is 21.1. The summed E-state index contributed by atoms with van der Waals surface area (Å²) >= 11 is 0. The summed E-state index contributed by atoms with van der Waals surface area (Å²) in [5.74, 6) is 0.561. The number of hydrogen-bond donors (Lipinski definition) is 0. The summed E-state index contributed by atoms with van der Waals surface area (Å²) in [6.45, 7) is 1.53. The lowest BCUT2D eigenvalue weighted by Gasteiger charge is -2.31. The van der Waals surface area contributed by atoms with Gasteiger partial charge in [-0.05, 0) is 57.3 Å². The van der Waals surface area contributed by atoms with Gasteiger partial charge in [0.1, 0.15) is 0 Å². The van der Waals surface area contributed by atoms with Crippen molar-refractivity contribution < 1.29 is 13.2 Å². The van der Waals surface area contributed by atoms with Gasteiger partial charge in [-0.15, -0.1) is 5.10 Å². The first-order valence-corrected chi connectivity index (χ1v) is 12.6. The minimum Gasteiger partial charge on any atom is -0.281 e. The Kier molecular flexibility index (Phi) is 8.07. The number of pyridine rings is 1. The normalized spacial score (nSPS) is 12.5. The molecule has 0 bridgehead atoms. The molecule has 5 aromatic rings. The van der Waals surface area contributed by atoms with Gasteiger partial charge in [0.15, 0.2) is 5.82 Å². The maximum atomic E-state index is 13.4. The highest BCUT2D eigenvalue weighted by Gasteiger charge is 2.32. The second kappa shape index (κ2) is 12.0. The Bertz CT molecular complexity index is 1400. The minimum atomic E-state index is -4.43. The van der Waals surface area contributed by atoms with Crippen molar-refractivity contribution in [1.29, 1.82) is 0 Å². The van der Waals surface area contributed by atoms with Crippen LogP contribution in [0.15, 0.2) is 109 Å². The molecule has 0 radical (unpaired) electrons. The van der Waals surface area contributed by atoms with Crippen molar-refractivity contribution in [1.82, 2.24) is 30.1 Å². The molecule has 6 nitrogen and oxygen atoms in total. The summed E-state index contributed by atoms with van der Waals surface area (Å²) in [6, 6.07) is 28.6. The summed E-state index contributed by atoms with van der Waals surface area (Å²) in [4.78, 5) is 6.43. The fourth-order valence-corrected chi connectivity index (χ4v) is 4.61. The Morgan fingerprint density at radius 2 is 1.38 bits per heavy atom. The van der Waals surface area contributed by atoms with Gasteiger partial charge in [0.05, 0.1) is 11.6 Å². The molecular weight excluding hydrogens is 501 g/mol. The number of benzene rings is 3. The average molecular weight is 529 g/mol. The number of aryl methyl sites for hydroxylation is 2. The molecule has 2 heterocycles. The van der Waals surface area contributed by atoms with Crippen LogP contribution in [-0.4, -0.2) is 30.1 Å². The van der Waals surface area contributed by atoms with Gasteiger partial charge in [-0.25, -0.2) is 4.68 Å². The first-order valence-electron chi connectivity index (χ1n) is 12.6. The van der Waals surface area contributed by atoms with Crippen LogP contribution in [0.25, 0.3) is 0 Å². The molecule has 1 atom stereocenters. The van der Waals surface area contributed by atoms with E-state index >= 15 is 0 Å². The third-order valence-electron chi connectivity index (χ3n) is 6.52. The lowest BCUT2D eigenvalue weighted by atomic mass is 10.0. The Balaban J connectivity index is 1.56. The van der Waals surface area contributed by atoms with Crippen molar-refractivity contribution in [3.63, 3.8) is 0 Å². The molecule has 198 valence electrons. The highest BCUT2D eigenvalue weighted by Crippen LogP contribution is 2.34. The summed E-state index contributed by atoms with van der Waals surface area (Å²) in [5, 5.41) is 12.6. The number of tetrazole rings is 1. The van der Waals surface area contributed by atoms with Crippen molar-refractivity contribution >= 4 is 0 Å². The Morgan fingerprint density at radius 3 is 2.03 bits per heavy atom. The van der Waals surface area contributed by atoms with Crippen LogP contribution >= 0.6 is 0 Å². The fraction of sp³-hybridized carbons (Fsp3) is 0.200. The number of halogens is 3. The maximum absolute atomic E-state index is 13.4. The second-order valence-electron chi connectivity index (χ2n) is 9.27. The molecule has 0 saturated carbocycles. The highest BCUT2D eigenvalue weighted by molar-refractivity contribution is 5.31. The van der Waals surface area contributed by atoms with E-state index in [0.29, 0.717) is 37.4 Å². The van der Waals surface area contributed by atoms with Gasteiger partial charge in [-0.3, -0.25) is 9.88 Å². The molecule has 5 rings (SSSR count). The van der Waals surface area contributed by atoms with E-state index in [-0.39, 0.29) is 0 Å². The van der Waals surface area contributed by atoms with Crippen molar-refractivity contribution in [3.8, 4) is 0 Å².